The Balaban J connectivity index is 2.56. The van der Waals surface area contributed by atoms with E-state index < -0.39 is 6.10 Å². The van der Waals surface area contributed by atoms with Gasteiger partial charge in [-0.2, -0.15) is 0 Å². The van der Waals surface area contributed by atoms with Gasteiger partial charge in [0.05, 0.1) is 12.5 Å². The number of amides is 1. The van der Waals surface area contributed by atoms with E-state index in [1.165, 1.54) is 0 Å². The van der Waals surface area contributed by atoms with Crippen molar-refractivity contribution in [1.29, 1.82) is 0 Å². The Bertz CT molecular complexity index is 169. The SMILES string of the molecule is O=CC1CCNC(=O)CC1O. The highest BCUT2D eigenvalue weighted by molar-refractivity contribution is 5.77. The minimum absolute atomic E-state index is 0.0450. The molecule has 0 aromatic rings. The minimum Gasteiger partial charge on any atom is -0.392 e. The number of hydrogen-bond acceptors (Lipinski definition) is 3. The molecule has 1 amide bonds. The fourth-order valence-electron chi connectivity index (χ4n) is 1.14. The third-order valence-corrected chi connectivity index (χ3v) is 1.86. The molecule has 0 radical (unpaired) electrons. The Hall–Kier alpha value is -0.900. The summed E-state index contributed by atoms with van der Waals surface area (Å²) in [5.74, 6) is -0.559. The molecule has 0 aromatic heterocycles. The average molecular weight is 157 g/mol. The summed E-state index contributed by atoms with van der Waals surface area (Å²) in [5.41, 5.74) is 0. The highest BCUT2D eigenvalue weighted by Gasteiger charge is 2.24. The highest BCUT2D eigenvalue weighted by Crippen LogP contribution is 2.11. The average Bonchev–Trinajstić information content (AvgIpc) is 2.11. The molecule has 1 aliphatic rings. The van der Waals surface area contributed by atoms with Crippen molar-refractivity contribution < 1.29 is 14.7 Å². The number of rotatable bonds is 1. The van der Waals surface area contributed by atoms with E-state index >= 15 is 0 Å². The molecule has 4 nitrogen and oxygen atoms in total. The molecule has 1 heterocycles. The first-order valence-electron chi connectivity index (χ1n) is 3.64. The zero-order valence-corrected chi connectivity index (χ0v) is 6.12. The summed E-state index contributed by atoms with van der Waals surface area (Å²) < 4.78 is 0. The lowest BCUT2D eigenvalue weighted by molar-refractivity contribution is -0.123. The maximum absolute atomic E-state index is 10.8. The van der Waals surface area contributed by atoms with Crippen molar-refractivity contribution in [3.8, 4) is 0 Å². The molecule has 0 aliphatic carbocycles. The first-order valence-corrected chi connectivity index (χ1v) is 3.64. The van der Waals surface area contributed by atoms with Gasteiger partial charge in [-0.25, -0.2) is 0 Å². The van der Waals surface area contributed by atoms with E-state index in [-0.39, 0.29) is 18.2 Å². The second-order valence-electron chi connectivity index (χ2n) is 2.71. The van der Waals surface area contributed by atoms with Gasteiger partial charge < -0.3 is 15.2 Å². The maximum Gasteiger partial charge on any atom is 0.222 e. The fraction of sp³-hybridized carbons (Fsp3) is 0.714. The second-order valence-corrected chi connectivity index (χ2v) is 2.71. The van der Waals surface area contributed by atoms with E-state index in [9.17, 15) is 14.7 Å². The molecule has 11 heavy (non-hydrogen) atoms. The van der Waals surface area contributed by atoms with Crippen molar-refractivity contribution in [3.63, 3.8) is 0 Å². The van der Waals surface area contributed by atoms with Gasteiger partial charge in [0.1, 0.15) is 6.29 Å². The van der Waals surface area contributed by atoms with E-state index in [2.05, 4.69) is 5.32 Å². The summed E-state index contributed by atoms with van der Waals surface area (Å²) in [7, 11) is 0. The van der Waals surface area contributed by atoms with Crippen LogP contribution < -0.4 is 5.32 Å². The molecular weight excluding hydrogens is 146 g/mol. The second kappa shape index (κ2) is 3.48. The van der Waals surface area contributed by atoms with Crippen LogP contribution in [0.1, 0.15) is 12.8 Å². The smallest absolute Gasteiger partial charge is 0.222 e. The van der Waals surface area contributed by atoms with Crippen LogP contribution in [0.4, 0.5) is 0 Å². The van der Waals surface area contributed by atoms with Gasteiger partial charge in [-0.1, -0.05) is 0 Å². The molecule has 62 valence electrons. The van der Waals surface area contributed by atoms with Crippen molar-refractivity contribution in [2.75, 3.05) is 6.54 Å². The Kier molecular flexibility index (Phi) is 2.59. The summed E-state index contributed by atoms with van der Waals surface area (Å²) in [5, 5.41) is 11.8. The molecule has 0 spiro atoms. The van der Waals surface area contributed by atoms with Crippen LogP contribution >= 0.6 is 0 Å². The van der Waals surface area contributed by atoms with Gasteiger partial charge in [-0.05, 0) is 6.42 Å². The number of carbonyl (C=O) groups is 2. The van der Waals surface area contributed by atoms with Gasteiger partial charge in [0, 0.05) is 12.5 Å². The monoisotopic (exact) mass is 157 g/mol. The van der Waals surface area contributed by atoms with Crippen LogP contribution in [0.2, 0.25) is 0 Å². The number of carbonyl (C=O) groups excluding carboxylic acids is 2. The van der Waals surface area contributed by atoms with Crippen molar-refractivity contribution in [3.05, 3.63) is 0 Å². The van der Waals surface area contributed by atoms with Crippen molar-refractivity contribution in [1.82, 2.24) is 5.32 Å². The van der Waals surface area contributed by atoms with Crippen LogP contribution in [0, 0.1) is 5.92 Å². The predicted molar refractivity (Wildman–Crippen MR) is 37.8 cm³/mol. The molecule has 2 unspecified atom stereocenters. The third kappa shape index (κ3) is 2.01. The summed E-state index contributed by atoms with van der Waals surface area (Å²) >= 11 is 0. The largest absolute Gasteiger partial charge is 0.392 e. The highest BCUT2D eigenvalue weighted by atomic mass is 16.3. The van der Waals surface area contributed by atoms with Crippen molar-refractivity contribution in [2.24, 2.45) is 5.92 Å². The Morgan fingerprint density at radius 2 is 2.36 bits per heavy atom. The van der Waals surface area contributed by atoms with Crippen LogP contribution in [0.3, 0.4) is 0 Å². The van der Waals surface area contributed by atoms with Gasteiger partial charge in [-0.15, -0.1) is 0 Å². The van der Waals surface area contributed by atoms with Crippen LogP contribution in [0.15, 0.2) is 0 Å². The molecule has 1 aliphatic heterocycles. The Morgan fingerprint density at radius 3 is 3.00 bits per heavy atom. The fourth-order valence-corrected chi connectivity index (χ4v) is 1.14. The van der Waals surface area contributed by atoms with E-state index in [0.717, 1.165) is 0 Å². The lowest BCUT2D eigenvalue weighted by Crippen LogP contribution is -2.24. The summed E-state index contributed by atoms with van der Waals surface area (Å²) in [6.45, 7) is 0.485. The molecule has 0 saturated carbocycles. The number of hydrogen-bond donors (Lipinski definition) is 2. The number of aldehydes is 1. The van der Waals surface area contributed by atoms with Crippen LogP contribution in [0.5, 0.6) is 0 Å². The first-order chi connectivity index (χ1) is 5.24. The zero-order valence-electron chi connectivity index (χ0n) is 6.12. The molecule has 2 atom stereocenters. The molecule has 1 fully saturated rings. The molecule has 1 saturated heterocycles. The van der Waals surface area contributed by atoms with Crippen LogP contribution in [0.25, 0.3) is 0 Å². The maximum atomic E-state index is 10.8. The van der Waals surface area contributed by atoms with Crippen molar-refractivity contribution in [2.45, 2.75) is 18.9 Å². The molecule has 0 aromatic carbocycles. The van der Waals surface area contributed by atoms with E-state index in [0.29, 0.717) is 19.3 Å². The zero-order chi connectivity index (χ0) is 8.27. The van der Waals surface area contributed by atoms with E-state index in [4.69, 9.17) is 0 Å². The van der Waals surface area contributed by atoms with Gasteiger partial charge >= 0.3 is 0 Å². The number of aliphatic hydroxyl groups excluding tert-OH is 1. The van der Waals surface area contributed by atoms with E-state index in [1.54, 1.807) is 0 Å². The Morgan fingerprint density at radius 1 is 1.64 bits per heavy atom. The quantitative estimate of drug-likeness (QED) is 0.483. The first kappa shape index (κ1) is 8.20. The van der Waals surface area contributed by atoms with Crippen LogP contribution in [-0.2, 0) is 9.59 Å². The van der Waals surface area contributed by atoms with Crippen molar-refractivity contribution >= 4 is 12.2 Å². The normalized spacial score (nSPS) is 32.3. The molecule has 1 rings (SSSR count). The third-order valence-electron chi connectivity index (χ3n) is 1.86. The molecule has 0 bridgehead atoms. The van der Waals surface area contributed by atoms with Crippen LogP contribution in [-0.4, -0.2) is 29.9 Å². The predicted octanol–water partition coefficient (Wildman–Crippen LogP) is -0.928. The Labute approximate surface area is 64.6 Å². The van der Waals surface area contributed by atoms with E-state index in [1.807, 2.05) is 0 Å². The molecule has 4 heteroatoms. The standard InChI is InChI=1S/C7H11NO3/c9-4-5-1-2-8-7(11)3-6(5)10/h4-6,10H,1-3H2,(H,8,11). The van der Waals surface area contributed by atoms with Gasteiger partial charge in [-0.3, -0.25) is 4.79 Å². The topological polar surface area (TPSA) is 66.4 Å². The summed E-state index contributed by atoms with van der Waals surface area (Å²) in [4.78, 5) is 21.1. The summed E-state index contributed by atoms with van der Waals surface area (Å²) in [6, 6.07) is 0. The van der Waals surface area contributed by atoms with Gasteiger partial charge in [0.25, 0.3) is 0 Å². The van der Waals surface area contributed by atoms with Gasteiger partial charge in [0.2, 0.25) is 5.91 Å². The molecule has 2 N–H and O–H groups in total. The lowest BCUT2D eigenvalue weighted by atomic mass is 9.99. The number of nitrogens with one attached hydrogen (secondary N) is 1. The minimum atomic E-state index is -0.796. The van der Waals surface area contributed by atoms with Gasteiger partial charge in [0.15, 0.2) is 0 Å². The molecular formula is C7H11NO3. The number of aliphatic hydroxyl groups is 1. The lowest BCUT2D eigenvalue weighted by Gasteiger charge is -2.10. The summed E-state index contributed by atoms with van der Waals surface area (Å²) in [6.07, 6.45) is 0.500.